The summed E-state index contributed by atoms with van der Waals surface area (Å²) in [5.74, 6) is 1.91. The highest BCUT2D eigenvalue weighted by atomic mass is 16.5. The number of rotatable bonds is 1. The maximum absolute atomic E-state index is 11.3. The second-order valence-corrected chi connectivity index (χ2v) is 4.50. The molecule has 0 spiro atoms. The van der Waals surface area contributed by atoms with Gasteiger partial charge in [-0.3, -0.25) is 4.79 Å². The van der Waals surface area contributed by atoms with Crippen LogP contribution in [0.2, 0.25) is 0 Å². The molecule has 0 aromatic carbocycles. The van der Waals surface area contributed by atoms with Crippen molar-refractivity contribution in [2.24, 2.45) is 17.8 Å². The van der Waals surface area contributed by atoms with Crippen LogP contribution in [-0.4, -0.2) is 13.1 Å². The van der Waals surface area contributed by atoms with E-state index < -0.39 is 0 Å². The van der Waals surface area contributed by atoms with Gasteiger partial charge in [-0.05, 0) is 24.7 Å². The Morgan fingerprint density at radius 3 is 2.15 bits per heavy atom. The molecule has 0 amide bonds. The van der Waals surface area contributed by atoms with Crippen LogP contribution in [0, 0.1) is 17.8 Å². The Morgan fingerprint density at radius 1 is 1.15 bits per heavy atom. The van der Waals surface area contributed by atoms with Crippen LogP contribution < -0.4 is 0 Å². The summed E-state index contributed by atoms with van der Waals surface area (Å²) in [6.45, 7) is 0. The molecule has 2 rings (SSSR count). The molecular formula is C11H18O2. The summed E-state index contributed by atoms with van der Waals surface area (Å²) in [4.78, 5) is 11.3. The maximum atomic E-state index is 11.3. The van der Waals surface area contributed by atoms with Crippen molar-refractivity contribution in [3.05, 3.63) is 0 Å². The highest BCUT2D eigenvalue weighted by Gasteiger charge is 2.39. The van der Waals surface area contributed by atoms with Crippen molar-refractivity contribution in [3.63, 3.8) is 0 Å². The summed E-state index contributed by atoms with van der Waals surface area (Å²) in [7, 11) is 1.50. The molecule has 0 bridgehead atoms. The van der Waals surface area contributed by atoms with Crippen molar-refractivity contribution in [2.45, 2.75) is 38.5 Å². The van der Waals surface area contributed by atoms with Crippen molar-refractivity contribution < 1.29 is 9.53 Å². The van der Waals surface area contributed by atoms with Gasteiger partial charge in [0.05, 0.1) is 13.0 Å². The van der Waals surface area contributed by atoms with E-state index >= 15 is 0 Å². The molecule has 13 heavy (non-hydrogen) atoms. The van der Waals surface area contributed by atoms with E-state index in [4.69, 9.17) is 4.74 Å². The van der Waals surface area contributed by atoms with Crippen LogP contribution in [0.5, 0.6) is 0 Å². The van der Waals surface area contributed by atoms with Crippen molar-refractivity contribution in [1.82, 2.24) is 0 Å². The number of methoxy groups -OCH3 is 1. The predicted molar refractivity (Wildman–Crippen MR) is 50.2 cm³/mol. The molecule has 0 radical (unpaired) electrons. The Labute approximate surface area is 79.7 Å². The number of fused-ring (bicyclic) bond motifs is 1. The van der Waals surface area contributed by atoms with Gasteiger partial charge in [-0.2, -0.15) is 0 Å². The standard InChI is InChI=1S/C11H18O2/c1-13-11(12)10-6-8-4-2-3-5-9(8)7-10/h8-10H,2-7H2,1H3/t8-,9-/m0/s1. The lowest BCUT2D eigenvalue weighted by Crippen LogP contribution is -2.12. The van der Waals surface area contributed by atoms with E-state index in [2.05, 4.69) is 0 Å². The highest BCUT2D eigenvalue weighted by Crippen LogP contribution is 2.45. The Hall–Kier alpha value is -0.530. The fourth-order valence-electron chi connectivity index (χ4n) is 3.09. The first-order valence-electron chi connectivity index (χ1n) is 5.39. The van der Waals surface area contributed by atoms with E-state index in [0.717, 1.165) is 24.7 Å². The summed E-state index contributed by atoms with van der Waals surface area (Å²) in [5, 5.41) is 0. The molecule has 2 aliphatic rings. The molecule has 0 heterocycles. The SMILES string of the molecule is COC(=O)C1C[C@@H]2CCCC[C@H]2C1. The van der Waals surface area contributed by atoms with Gasteiger partial charge in [0.15, 0.2) is 0 Å². The third kappa shape index (κ3) is 1.72. The molecule has 2 heteroatoms. The summed E-state index contributed by atoms with van der Waals surface area (Å²) >= 11 is 0. The van der Waals surface area contributed by atoms with Gasteiger partial charge in [-0.1, -0.05) is 25.7 Å². The van der Waals surface area contributed by atoms with Crippen LogP contribution >= 0.6 is 0 Å². The van der Waals surface area contributed by atoms with Crippen molar-refractivity contribution in [3.8, 4) is 0 Å². The minimum Gasteiger partial charge on any atom is -0.469 e. The Kier molecular flexibility index (Phi) is 2.56. The van der Waals surface area contributed by atoms with Gasteiger partial charge < -0.3 is 4.74 Å². The van der Waals surface area contributed by atoms with Crippen LogP contribution in [-0.2, 0) is 9.53 Å². The monoisotopic (exact) mass is 182 g/mol. The second kappa shape index (κ2) is 3.69. The molecule has 0 aliphatic heterocycles. The number of carbonyl (C=O) groups is 1. The quantitative estimate of drug-likeness (QED) is 0.582. The van der Waals surface area contributed by atoms with E-state index in [1.165, 1.54) is 32.8 Å². The zero-order valence-corrected chi connectivity index (χ0v) is 8.29. The van der Waals surface area contributed by atoms with E-state index in [9.17, 15) is 4.79 Å². The summed E-state index contributed by atoms with van der Waals surface area (Å²) in [5.41, 5.74) is 0. The zero-order chi connectivity index (χ0) is 9.26. The van der Waals surface area contributed by atoms with E-state index in [1.807, 2.05) is 0 Å². The first-order valence-corrected chi connectivity index (χ1v) is 5.39. The van der Waals surface area contributed by atoms with Crippen LogP contribution in [0.15, 0.2) is 0 Å². The number of hydrogen-bond acceptors (Lipinski definition) is 2. The van der Waals surface area contributed by atoms with E-state index in [1.54, 1.807) is 0 Å². The average Bonchev–Trinajstić information content (AvgIpc) is 2.59. The minimum absolute atomic E-state index is 0.0226. The van der Waals surface area contributed by atoms with Gasteiger partial charge in [-0.15, -0.1) is 0 Å². The van der Waals surface area contributed by atoms with E-state index in [-0.39, 0.29) is 11.9 Å². The van der Waals surface area contributed by atoms with Gasteiger partial charge in [0.25, 0.3) is 0 Å². The molecule has 2 fully saturated rings. The Morgan fingerprint density at radius 2 is 1.69 bits per heavy atom. The number of carbonyl (C=O) groups excluding carboxylic acids is 1. The van der Waals surface area contributed by atoms with Crippen LogP contribution in [0.3, 0.4) is 0 Å². The zero-order valence-electron chi connectivity index (χ0n) is 8.29. The normalized spacial score (nSPS) is 34.2. The van der Waals surface area contributed by atoms with Gasteiger partial charge in [-0.25, -0.2) is 0 Å². The molecule has 2 saturated carbocycles. The molecule has 0 aromatic heterocycles. The fraction of sp³-hybridized carbons (Fsp3) is 0.909. The Bertz CT molecular complexity index is 186. The van der Waals surface area contributed by atoms with Gasteiger partial charge in [0.2, 0.25) is 0 Å². The fourth-order valence-corrected chi connectivity index (χ4v) is 3.09. The predicted octanol–water partition coefficient (Wildman–Crippen LogP) is 2.38. The lowest BCUT2D eigenvalue weighted by Gasteiger charge is -2.24. The molecule has 2 atom stereocenters. The largest absolute Gasteiger partial charge is 0.469 e. The molecule has 0 N–H and O–H groups in total. The maximum Gasteiger partial charge on any atom is 0.308 e. The number of ether oxygens (including phenoxy) is 1. The molecular weight excluding hydrogens is 164 g/mol. The first kappa shape index (κ1) is 9.04. The summed E-state index contributed by atoms with van der Waals surface area (Å²) < 4.78 is 4.80. The highest BCUT2D eigenvalue weighted by molar-refractivity contribution is 5.72. The Balaban J connectivity index is 1.94. The number of esters is 1. The van der Waals surface area contributed by atoms with Gasteiger partial charge in [0.1, 0.15) is 0 Å². The molecule has 2 aliphatic carbocycles. The summed E-state index contributed by atoms with van der Waals surface area (Å²) in [6.07, 6.45) is 7.62. The van der Waals surface area contributed by atoms with Crippen LogP contribution in [0.4, 0.5) is 0 Å². The first-order chi connectivity index (χ1) is 6.31. The molecule has 74 valence electrons. The summed E-state index contributed by atoms with van der Waals surface area (Å²) in [6, 6.07) is 0. The third-order valence-electron chi connectivity index (χ3n) is 3.78. The minimum atomic E-state index is 0.0226. The van der Waals surface area contributed by atoms with Crippen molar-refractivity contribution in [1.29, 1.82) is 0 Å². The van der Waals surface area contributed by atoms with Gasteiger partial charge >= 0.3 is 5.97 Å². The van der Waals surface area contributed by atoms with Crippen LogP contribution in [0.25, 0.3) is 0 Å². The third-order valence-corrected chi connectivity index (χ3v) is 3.78. The van der Waals surface area contributed by atoms with Gasteiger partial charge in [0, 0.05) is 0 Å². The van der Waals surface area contributed by atoms with E-state index in [0.29, 0.717) is 0 Å². The van der Waals surface area contributed by atoms with Crippen molar-refractivity contribution >= 4 is 5.97 Å². The van der Waals surface area contributed by atoms with Crippen molar-refractivity contribution in [2.75, 3.05) is 7.11 Å². The molecule has 0 aromatic rings. The smallest absolute Gasteiger partial charge is 0.308 e. The average molecular weight is 182 g/mol. The topological polar surface area (TPSA) is 26.3 Å². The van der Waals surface area contributed by atoms with Crippen LogP contribution in [0.1, 0.15) is 38.5 Å². The molecule has 2 nitrogen and oxygen atoms in total. The molecule has 0 saturated heterocycles. The molecule has 0 unspecified atom stereocenters. The number of hydrogen-bond donors (Lipinski definition) is 0. The lowest BCUT2D eigenvalue weighted by atomic mass is 9.82. The lowest BCUT2D eigenvalue weighted by molar-refractivity contribution is -0.145. The second-order valence-electron chi connectivity index (χ2n) is 4.50.